The summed E-state index contributed by atoms with van der Waals surface area (Å²) >= 11 is 0. The highest BCUT2D eigenvalue weighted by Gasteiger charge is 2.29. The summed E-state index contributed by atoms with van der Waals surface area (Å²) in [7, 11) is 0. The molecule has 2 nitrogen and oxygen atoms in total. The van der Waals surface area contributed by atoms with Gasteiger partial charge in [-0.2, -0.15) is 0 Å². The van der Waals surface area contributed by atoms with Crippen LogP contribution in [0.4, 0.5) is 0 Å². The maximum Gasteiger partial charge on any atom is 0.0591 e. The molecular formula is C22H21NO. The minimum absolute atomic E-state index is 0.0246. The van der Waals surface area contributed by atoms with Gasteiger partial charge in [0.05, 0.1) is 12.6 Å². The SMILES string of the molecule is OCC(Cc1ccccc1)NC1c2ccccc2-c2ccccc21. The third kappa shape index (κ3) is 2.75. The molecule has 3 aromatic carbocycles. The standard InChI is InChI=1S/C22H21NO/c24-15-17(14-16-8-2-1-3-9-16)23-22-20-12-6-4-10-18(20)19-11-5-7-13-21(19)22/h1-13,17,22-24H,14-15H2. The zero-order valence-electron chi connectivity index (χ0n) is 13.5. The van der Waals surface area contributed by atoms with Gasteiger partial charge < -0.3 is 10.4 Å². The quantitative estimate of drug-likeness (QED) is 0.747. The van der Waals surface area contributed by atoms with Crippen molar-refractivity contribution >= 4 is 0 Å². The van der Waals surface area contributed by atoms with Crippen LogP contribution in [0.25, 0.3) is 11.1 Å². The first-order chi connectivity index (χ1) is 11.9. The first-order valence-electron chi connectivity index (χ1n) is 8.46. The molecule has 120 valence electrons. The Morgan fingerprint density at radius 1 is 0.750 bits per heavy atom. The fourth-order valence-corrected chi connectivity index (χ4v) is 3.65. The summed E-state index contributed by atoms with van der Waals surface area (Å²) in [5.41, 5.74) is 6.42. The lowest BCUT2D eigenvalue weighted by molar-refractivity contribution is 0.235. The van der Waals surface area contributed by atoms with Crippen molar-refractivity contribution in [1.82, 2.24) is 5.32 Å². The van der Waals surface area contributed by atoms with Crippen LogP contribution in [0, 0.1) is 0 Å². The van der Waals surface area contributed by atoms with Crippen molar-refractivity contribution in [1.29, 1.82) is 0 Å². The summed E-state index contributed by atoms with van der Waals surface area (Å²) in [4.78, 5) is 0. The number of benzene rings is 3. The van der Waals surface area contributed by atoms with E-state index in [1.54, 1.807) is 0 Å². The Kier molecular flexibility index (Phi) is 4.16. The summed E-state index contributed by atoms with van der Waals surface area (Å²) in [6, 6.07) is 27.6. The Hall–Kier alpha value is -2.42. The fourth-order valence-electron chi connectivity index (χ4n) is 3.65. The second kappa shape index (κ2) is 6.60. The molecule has 2 N–H and O–H groups in total. The van der Waals surface area contributed by atoms with E-state index in [1.807, 2.05) is 18.2 Å². The van der Waals surface area contributed by atoms with Gasteiger partial charge in [-0.3, -0.25) is 0 Å². The predicted molar refractivity (Wildman–Crippen MR) is 97.9 cm³/mol. The molecule has 0 aliphatic heterocycles. The molecule has 0 saturated heterocycles. The van der Waals surface area contributed by atoms with Gasteiger partial charge in [0.1, 0.15) is 0 Å². The number of fused-ring (bicyclic) bond motifs is 3. The van der Waals surface area contributed by atoms with Crippen molar-refractivity contribution in [2.24, 2.45) is 0 Å². The number of nitrogens with one attached hydrogen (secondary N) is 1. The molecule has 0 amide bonds. The normalized spacial score (nSPS) is 14.2. The van der Waals surface area contributed by atoms with Crippen LogP contribution in [-0.2, 0) is 6.42 Å². The molecule has 0 spiro atoms. The van der Waals surface area contributed by atoms with Gasteiger partial charge in [-0.05, 0) is 34.2 Å². The van der Waals surface area contributed by atoms with E-state index in [0.29, 0.717) is 0 Å². The van der Waals surface area contributed by atoms with Gasteiger partial charge in [-0.1, -0.05) is 78.9 Å². The van der Waals surface area contributed by atoms with Crippen LogP contribution < -0.4 is 5.32 Å². The summed E-state index contributed by atoms with van der Waals surface area (Å²) < 4.78 is 0. The van der Waals surface area contributed by atoms with Gasteiger partial charge >= 0.3 is 0 Å². The minimum Gasteiger partial charge on any atom is -0.395 e. The number of aliphatic hydroxyl groups excluding tert-OH is 1. The van der Waals surface area contributed by atoms with E-state index in [0.717, 1.165) is 6.42 Å². The highest BCUT2D eigenvalue weighted by atomic mass is 16.3. The van der Waals surface area contributed by atoms with Gasteiger partial charge in [-0.15, -0.1) is 0 Å². The van der Waals surface area contributed by atoms with Crippen LogP contribution >= 0.6 is 0 Å². The van der Waals surface area contributed by atoms with Crippen molar-refractivity contribution < 1.29 is 5.11 Å². The smallest absolute Gasteiger partial charge is 0.0591 e. The lowest BCUT2D eigenvalue weighted by Gasteiger charge is -2.23. The van der Waals surface area contributed by atoms with Gasteiger partial charge in [0.15, 0.2) is 0 Å². The average molecular weight is 315 g/mol. The van der Waals surface area contributed by atoms with Crippen LogP contribution in [0.1, 0.15) is 22.7 Å². The highest BCUT2D eigenvalue weighted by molar-refractivity contribution is 5.78. The molecule has 0 fully saturated rings. The van der Waals surface area contributed by atoms with Crippen LogP contribution in [-0.4, -0.2) is 17.8 Å². The predicted octanol–water partition coefficient (Wildman–Crippen LogP) is 3.95. The average Bonchev–Trinajstić information content (AvgIpc) is 2.96. The van der Waals surface area contributed by atoms with E-state index >= 15 is 0 Å². The monoisotopic (exact) mass is 315 g/mol. The Balaban J connectivity index is 1.63. The number of aliphatic hydroxyl groups is 1. The number of hydrogen-bond acceptors (Lipinski definition) is 2. The molecule has 0 aromatic heterocycles. The fraction of sp³-hybridized carbons (Fsp3) is 0.182. The van der Waals surface area contributed by atoms with Gasteiger partial charge in [-0.25, -0.2) is 0 Å². The molecule has 0 bridgehead atoms. The maximum absolute atomic E-state index is 9.88. The molecule has 1 unspecified atom stereocenters. The van der Waals surface area contributed by atoms with Crippen LogP contribution in [0.15, 0.2) is 78.9 Å². The summed E-state index contributed by atoms with van der Waals surface area (Å²) in [5.74, 6) is 0. The molecular weight excluding hydrogens is 294 g/mol. The zero-order valence-corrected chi connectivity index (χ0v) is 13.5. The second-order valence-electron chi connectivity index (χ2n) is 6.34. The molecule has 2 heteroatoms. The van der Waals surface area contributed by atoms with Gasteiger partial charge in [0.2, 0.25) is 0 Å². The number of rotatable bonds is 5. The van der Waals surface area contributed by atoms with E-state index in [4.69, 9.17) is 0 Å². The Bertz CT molecular complexity index is 783. The first kappa shape index (κ1) is 15.1. The van der Waals surface area contributed by atoms with Crippen LogP contribution in [0.2, 0.25) is 0 Å². The third-order valence-corrected chi connectivity index (χ3v) is 4.78. The third-order valence-electron chi connectivity index (χ3n) is 4.78. The Labute approximate surface area is 142 Å². The van der Waals surface area contributed by atoms with Crippen molar-refractivity contribution in [2.45, 2.75) is 18.5 Å². The Morgan fingerprint density at radius 2 is 1.29 bits per heavy atom. The second-order valence-corrected chi connectivity index (χ2v) is 6.34. The molecule has 0 heterocycles. The highest BCUT2D eigenvalue weighted by Crippen LogP contribution is 2.43. The molecule has 0 saturated carbocycles. The van der Waals surface area contributed by atoms with Gasteiger partial charge in [0, 0.05) is 6.04 Å². The lowest BCUT2D eigenvalue weighted by atomic mass is 10.0. The molecule has 1 aliphatic carbocycles. The van der Waals surface area contributed by atoms with Crippen molar-refractivity contribution in [3.8, 4) is 11.1 Å². The van der Waals surface area contributed by atoms with Crippen molar-refractivity contribution in [3.63, 3.8) is 0 Å². The van der Waals surface area contributed by atoms with Gasteiger partial charge in [0.25, 0.3) is 0 Å². The maximum atomic E-state index is 9.88. The zero-order chi connectivity index (χ0) is 16.4. The first-order valence-corrected chi connectivity index (χ1v) is 8.46. The molecule has 1 atom stereocenters. The minimum atomic E-state index is 0.0246. The van der Waals surface area contributed by atoms with Crippen LogP contribution in [0.3, 0.4) is 0 Å². The molecule has 4 rings (SSSR count). The Morgan fingerprint density at radius 3 is 1.88 bits per heavy atom. The van der Waals surface area contributed by atoms with E-state index in [9.17, 15) is 5.11 Å². The lowest BCUT2D eigenvalue weighted by Crippen LogP contribution is -2.37. The van der Waals surface area contributed by atoms with Crippen molar-refractivity contribution in [3.05, 3.63) is 95.6 Å². The molecule has 0 radical (unpaired) electrons. The molecule has 24 heavy (non-hydrogen) atoms. The van der Waals surface area contributed by atoms with Crippen LogP contribution in [0.5, 0.6) is 0 Å². The van der Waals surface area contributed by atoms with E-state index < -0.39 is 0 Å². The summed E-state index contributed by atoms with van der Waals surface area (Å²) in [5, 5.41) is 13.6. The summed E-state index contributed by atoms with van der Waals surface area (Å²) in [6.45, 7) is 0.121. The molecule has 3 aromatic rings. The van der Waals surface area contributed by atoms with Crippen molar-refractivity contribution in [2.75, 3.05) is 6.61 Å². The number of hydrogen-bond donors (Lipinski definition) is 2. The summed E-state index contributed by atoms with van der Waals surface area (Å²) in [6.07, 6.45) is 0.818. The van der Waals surface area contributed by atoms with E-state index in [1.165, 1.54) is 27.8 Å². The topological polar surface area (TPSA) is 32.3 Å². The van der Waals surface area contributed by atoms with E-state index in [2.05, 4.69) is 66.0 Å². The largest absolute Gasteiger partial charge is 0.395 e. The van der Waals surface area contributed by atoms with E-state index in [-0.39, 0.29) is 18.7 Å². The molecule has 1 aliphatic rings.